The van der Waals surface area contributed by atoms with E-state index < -0.39 is 0 Å². The molecule has 1 aliphatic carbocycles. The Morgan fingerprint density at radius 3 is 2.95 bits per heavy atom. The van der Waals surface area contributed by atoms with Crippen LogP contribution in [0.15, 0.2) is 24.4 Å². The summed E-state index contributed by atoms with van der Waals surface area (Å²) in [4.78, 5) is 15.0. The number of aromatic nitrogens is 1. The minimum atomic E-state index is 0.104. The average molecular weight is 291 g/mol. The van der Waals surface area contributed by atoms with Crippen molar-refractivity contribution in [3.8, 4) is 0 Å². The third-order valence-corrected chi connectivity index (χ3v) is 4.40. The summed E-state index contributed by atoms with van der Waals surface area (Å²) in [7, 11) is 0. The Balaban J connectivity index is 1.83. The Kier molecular flexibility index (Phi) is 3.47. The maximum atomic E-state index is 11.7. The third-order valence-electron chi connectivity index (χ3n) is 4.17. The van der Waals surface area contributed by atoms with Gasteiger partial charge in [0.05, 0.1) is 0 Å². The van der Waals surface area contributed by atoms with E-state index in [1.807, 2.05) is 25.1 Å². The summed E-state index contributed by atoms with van der Waals surface area (Å²) >= 11 is 6.10. The molecular formula is C16H19ClN2O. The second kappa shape index (κ2) is 5.13. The Hall–Kier alpha value is -1.48. The first-order chi connectivity index (χ1) is 9.64. The van der Waals surface area contributed by atoms with E-state index in [0.717, 1.165) is 36.3 Å². The molecule has 1 saturated carbocycles. The van der Waals surface area contributed by atoms with Crippen LogP contribution in [0.3, 0.4) is 0 Å². The average Bonchev–Trinajstić information content (AvgIpc) is 3.10. The lowest BCUT2D eigenvalue weighted by Gasteiger charge is -2.15. The van der Waals surface area contributed by atoms with Crippen molar-refractivity contribution in [3.05, 3.63) is 35.0 Å². The molecule has 0 atom stereocenters. The zero-order valence-corrected chi connectivity index (χ0v) is 12.4. The molecule has 2 N–H and O–H groups in total. The number of rotatable bonds is 5. The molecule has 3 nitrogen and oxygen atoms in total. The van der Waals surface area contributed by atoms with Gasteiger partial charge in [0.15, 0.2) is 0 Å². The van der Waals surface area contributed by atoms with Crippen LogP contribution in [0.25, 0.3) is 10.9 Å². The van der Waals surface area contributed by atoms with E-state index in [9.17, 15) is 4.79 Å². The van der Waals surface area contributed by atoms with Crippen molar-refractivity contribution in [1.29, 1.82) is 0 Å². The molecule has 0 aliphatic heterocycles. The fraction of sp³-hybridized carbons (Fsp3) is 0.438. The van der Waals surface area contributed by atoms with E-state index in [1.54, 1.807) is 0 Å². The van der Waals surface area contributed by atoms with Gasteiger partial charge in [-0.1, -0.05) is 18.5 Å². The zero-order chi connectivity index (χ0) is 14.2. The lowest BCUT2D eigenvalue weighted by atomic mass is 9.95. The summed E-state index contributed by atoms with van der Waals surface area (Å²) in [5, 5.41) is 5.00. The maximum Gasteiger partial charge on any atom is 0.220 e. The number of halogens is 1. The van der Waals surface area contributed by atoms with Crippen LogP contribution in [-0.2, 0) is 10.2 Å². The van der Waals surface area contributed by atoms with E-state index in [1.165, 1.54) is 10.9 Å². The van der Waals surface area contributed by atoms with Crippen molar-refractivity contribution in [2.24, 2.45) is 0 Å². The van der Waals surface area contributed by atoms with Crippen molar-refractivity contribution >= 4 is 28.4 Å². The summed E-state index contributed by atoms with van der Waals surface area (Å²) in [5.41, 5.74) is 2.49. The number of fused-ring (bicyclic) bond motifs is 1. The first kappa shape index (κ1) is 13.5. The number of benzene rings is 1. The van der Waals surface area contributed by atoms with Crippen LogP contribution in [0.2, 0.25) is 5.02 Å². The molecule has 1 amide bonds. The van der Waals surface area contributed by atoms with E-state index >= 15 is 0 Å². The summed E-state index contributed by atoms with van der Waals surface area (Å²) in [6.45, 7) is 2.75. The molecule has 0 saturated heterocycles. The van der Waals surface area contributed by atoms with Crippen LogP contribution in [0, 0.1) is 0 Å². The van der Waals surface area contributed by atoms with Crippen LogP contribution in [0.1, 0.15) is 38.2 Å². The standard InChI is InChI=1S/C16H19ClN2O/c1-2-3-15(20)19-10-16(6-7-16)13-9-18-14-5-4-11(17)8-12(13)14/h4-5,8-9,18H,2-3,6-7,10H2,1H3,(H,19,20). The Bertz CT molecular complexity index is 643. The van der Waals surface area contributed by atoms with Crippen LogP contribution in [-0.4, -0.2) is 17.4 Å². The van der Waals surface area contributed by atoms with Crippen molar-refractivity contribution in [3.63, 3.8) is 0 Å². The minimum Gasteiger partial charge on any atom is -0.361 e. The van der Waals surface area contributed by atoms with Crippen LogP contribution in [0.5, 0.6) is 0 Å². The van der Waals surface area contributed by atoms with E-state index in [0.29, 0.717) is 6.42 Å². The summed E-state index contributed by atoms with van der Waals surface area (Å²) in [6, 6.07) is 5.91. The lowest BCUT2D eigenvalue weighted by Crippen LogP contribution is -2.31. The van der Waals surface area contributed by atoms with Gasteiger partial charge in [0.2, 0.25) is 5.91 Å². The van der Waals surface area contributed by atoms with Crippen molar-refractivity contribution in [1.82, 2.24) is 10.3 Å². The molecule has 3 rings (SSSR count). The summed E-state index contributed by atoms with van der Waals surface area (Å²) < 4.78 is 0. The van der Waals surface area contributed by atoms with Crippen LogP contribution >= 0.6 is 11.6 Å². The van der Waals surface area contributed by atoms with Crippen molar-refractivity contribution in [2.45, 2.75) is 38.0 Å². The predicted molar refractivity (Wildman–Crippen MR) is 82.1 cm³/mol. The molecule has 106 valence electrons. The Labute approximate surface area is 123 Å². The molecule has 0 spiro atoms. The van der Waals surface area contributed by atoms with Gasteiger partial charge >= 0.3 is 0 Å². The highest BCUT2D eigenvalue weighted by atomic mass is 35.5. The highest BCUT2D eigenvalue weighted by Gasteiger charge is 2.45. The second-order valence-electron chi connectivity index (χ2n) is 5.70. The normalized spacial score (nSPS) is 16.3. The highest BCUT2D eigenvalue weighted by molar-refractivity contribution is 6.31. The smallest absolute Gasteiger partial charge is 0.220 e. The molecule has 0 radical (unpaired) electrons. The zero-order valence-electron chi connectivity index (χ0n) is 11.6. The topological polar surface area (TPSA) is 44.9 Å². The van der Waals surface area contributed by atoms with Gasteiger partial charge in [-0.05, 0) is 43.0 Å². The van der Waals surface area contributed by atoms with Gasteiger partial charge in [0.25, 0.3) is 0 Å². The number of carbonyl (C=O) groups is 1. The maximum absolute atomic E-state index is 11.7. The molecule has 1 aromatic heterocycles. The number of aromatic amines is 1. The molecular weight excluding hydrogens is 272 g/mol. The molecule has 1 aliphatic rings. The third kappa shape index (κ3) is 2.42. The van der Waals surface area contributed by atoms with Gasteiger partial charge in [-0.15, -0.1) is 0 Å². The van der Waals surface area contributed by atoms with Crippen molar-refractivity contribution in [2.75, 3.05) is 6.54 Å². The molecule has 1 heterocycles. The van der Waals surface area contributed by atoms with Crippen LogP contribution < -0.4 is 5.32 Å². The largest absolute Gasteiger partial charge is 0.361 e. The number of amides is 1. The fourth-order valence-electron chi connectivity index (χ4n) is 2.81. The quantitative estimate of drug-likeness (QED) is 0.865. The first-order valence-corrected chi connectivity index (χ1v) is 7.56. The summed E-state index contributed by atoms with van der Waals surface area (Å²) in [5.74, 6) is 0.150. The fourth-order valence-corrected chi connectivity index (χ4v) is 2.98. The molecule has 1 fully saturated rings. The predicted octanol–water partition coefficient (Wildman–Crippen LogP) is 3.77. The van der Waals surface area contributed by atoms with Gasteiger partial charge in [0, 0.05) is 40.5 Å². The number of hydrogen-bond acceptors (Lipinski definition) is 1. The Morgan fingerprint density at radius 2 is 2.25 bits per heavy atom. The molecule has 2 aromatic rings. The minimum absolute atomic E-state index is 0.104. The van der Waals surface area contributed by atoms with Crippen molar-refractivity contribution < 1.29 is 4.79 Å². The van der Waals surface area contributed by atoms with Gasteiger partial charge in [0.1, 0.15) is 0 Å². The Morgan fingerprint density at radius 1 is 1.45 bits per heavy atom. The van der Waals surface area contributed by atoms with Gasteiger partial charge < -0.3 is 10.3 Å². The molecule has 1 aromatic carbocycles. The SMILES string of the molecule is CCCC(=O)NCC1(c2c[nH]c3ccc(Cl)cc23)CC1. The lowest BCUT2D eigenvalue weighted by molar-refractivity contribution is -0.121. The highest BCUT2D eigenvalue weighted by Crippen LogP contribution is 2.50. The second-order valence-corrected chi connectivity index (χ2v) is 6.14. The number of H-pyrrole nitrogens is 1. The summed E-state index contributed by atoms with van der Waals surface area (Å²) in [6.07, 6.45) is 5.81. The first-order valence-electron chi connectivity index (χ1n) is 7.18. The van der Waals surface area contributed by atoms with E-state index in [4.69, 9.17) is 11.6 Å². The van der Waals surface area contributed by atoms with Gasteiger partial charge in [-0.2, -0.15) is 0 Å². The number of carbonyl (C=O) groups excluding carboxylic acids is 1. The van der Waals surface area contributed by atoms with Crippen LogP contribution in [0.4, 0.5) is 0 Å². The van der Waals surface area contributed by atoms with E-state index in [-0.39, 0.29) is 11.3 Å². The monoisotopic (exact) mass is 290 g/mol. The van der Waals surface area contributed by atoms with Gasteiger partial charge in [-0.25, -0.2) is 0 Å². The molecule has 4 heteroatoms. The molecule has 0 bridgehead atoms. The van der Waals surface area contributed by atoms with E-state index in [2.05, 4.69) is 16.5 Å². The number of nitrogens with one attached hydrogen (secondary N) is 2. The molecule has 20 heavy (non-hydrogen) atoms. The van der Waals surface area contributed by atoms with Gasteiger partial charge in [-0.3, -0.25) is 4.79 Å². The molecule has 0 unspecified atom stereocenters. The number of hydrogen-bond donors (Lipinski definition) is 2.